The molecule has 0 radical (unpaired) electrons. The Morgan fingerprint density at radius 2 is 1.83 bits per heavy atom. The highest BCUT2D eigenvalue weighted by atomic mass is 16.8. The van der Waals surface area contributed by atoms with Crippen LogP contribution in [0.25, 0.3) is 0 Å². The van der Waals surface area contributed by atoms with Gasteiger partial charge in [0.2, 0.25) is 6.29 Å². The zero-order chi connectivity index (χ0) is 9.57. The fourth-order valence-corrected chi connectivity index (χ4v) is 0.932. The summed E-state index contributed by atoms with van der Waals surface area (Å²) in [5, 5.41) is 0. The molecular formula is C9H16O3. The molecule has 0 saturated carbocycles. The van der Waals surface area contributed by atoms with Gasteiger partial charge in [-0.3, -0.25) is 0 Å². The van der Waals surface area contributed by atoms with E-state index in [1.165, 1.54) is 0 Å². The van der Waals surface area contributed by atoms with Crippen molar-refractivity contribution in [1.29, 1.82) is 0 Å². The molecule has 3 nitrogen and oxygen atoms in total. The van der Waals surface area contributed by atoms with Crippen molar-refractivity contribution in [3.63, 3.8) is 0 Å². The number of rotatable bonds is 0. The highest BCUT2D eigenvalue weighted by Crippen LogP contribution is 2.34. The summed E-state index contributed by atoms with van der Waals surface area (Å²) in [5.74, 6) is -0.276. The third-order valence-corrected chi connectivity index (χ3v) is 1.81. The van der Waals surface area contributed by atoms with Crippen LogP contribution in [-0.4, -0.2) is 17.9 Å². The summed E-state index contributed by atoms with van der Waals surface area (Å²) in [6.45, 7) is 9.38. The molecule has 0 amide bonds. The number of carbonyl (C=O) groups is 1. The minimum absolute atomic E-state index is 0.149. The minimum atomic E-state index is -0.780. The molecule has 70 valence electrons. The second-order valence-corrected chi connectivity index (χ2v) is 4.73. The number of carbonyl (C=O) groups excluding carboxylic acids is 1. The molecule has 0 N–H and O–H groups in total. The predicted molar refractivity (Wildman–Crippen MR) is 44.5 cm³/mol. The van der Waals surface area contributed by atoms with Gasteiger partial charge < -0.3 is 9.47 Å². The first-order chi connectivity index (χ1) is 5.23. The molecule has 1 aliphatic heterocycles. The Hall–Kier alpha value is -0.570. The molecule has 0 spiro atoms. The van der Waals surface area contributed by atoms with Crippen molar-refractivity contribution in [2.24, 2.45) is 5.41 Å². The molecule has 12 heavy (non-hydrogen) atoms. The normalized spacial score (nSPS) is 28.8. The van der Waals surface area contributed by atoms with Crippen LogP contribution in [0.5, 0.6) is 0 Å². The lowest BCUT2D eigenvalue weighted by molar-refractivity contribution is -0.155. The molecule has 0 bridgehead atoms. The van der Waals surface area contributed by atoms with Crippen molar-refractivity contribution in [2.75, 3.05) is 0 Å². The zero-order valence-electron chi connectivity index (χ0n) is 8.30. The van der Waals surface area contributed by atoms with Gasteiger partial charge in [-0.25, -0.2) is 4.79 Å². The second kappa shape index (κ2) is 2.46. The summed E-state index contributed by atoms with van der Waals surface area (Å²) in [6.07, 6.45) is -0.417. The fourth-order valence-electron chi connectivity index (χ4n) is 0.932. The van der Waals surface area contributed by atoms with Gasteiger partial charge >= 0.3 is 5.97 Å². The molecule has 0 aliphatic carbocycles. The van der Waals surface area contributed by atoms with E-state index in [9.17, 15) is 4.79 Å². The van der Waals surface area contributed by atoms with Gasteiger partial charge in [-0.2, -0.15) is 0 Å². The zero-order valence-corrected chi connectivity index (χ0v) is 8.30. The van der Waals surface area contributed by atoms with Crippen LogP contribution in [0.1, 0.15) is 34.6 Å². The van der Waals surface area contributed by atoms with Gasteiger partial charge in [0.25, 0.3) is 0 Å². The second-order valence-electron chi connectivity index (χ2n) is 4.73. The van der Waals surface area contributed by atoms with Crippen molar-refractivity contribution >= 4 is 5.97 Å². The first kappa shape index (κ1) is 9.52. The molecule has 1 fully saturated rings. The number of hydrogen-bond acceptors (Lipinski definition) is 3. The number of hydrogen-bond donors (Lipinski definition) is 0. The summed E-state index contributed by atoms with van der Waals surface area (Å²) in [7, 11) is 0. The molecular weight excluding hydrogens is 156 g/mol. The van der Waals surface area contributed by atoms with E-state index < -0.39 is 11.9 Å². The van der Waals surface area contributed by atoms with Crippen molar-refractivity contribution in [3.8, 4) is 0 Å². The summed E-state index contributed by atoms with van der Waals surface area (Å²) in [6, 6.07) is 0. The quantitative estimate of drug-likeness (QED) is 0.522. The molecule has 1 heterocycles. The molecule has 0 aromatic rings. The summed E-state index contributed by atoms with van der Waals surface area (Å²) in [4.78, 5) is 11.2. The van der Waals surface area contributed by atoms with Crippen LogP contribution in [0.2, 0.25) is 0 Å². The van der Waals surface area contributed by atoms with E-state index in [0.717, 1.165) is 0 Å². The number of ether oxygens (including phenoxy) is 2. The third-order valence-electron chi connectivity index (χ3n) is 1.81. The lowest BCUT2D eigenvalue weighted by Crippen LogP contribution is -2.31. The van der Waals surface area contributed by atoms with E-state index in [4.69, 9.17) is 9.47 Å². The maximum absolute atomic E-state index is 11.2. The van der Waals surface area contributed by atoms with Crippen LogP contribution in [-0.2, 0) is 14.3 Å². The third kappa shape index (κ3) is 1.61. The maximum Gasteiger partial charge on any atom is 0.340 e. The van der Waals surface area contributed by atoms with Crippen molar-refractivity contribution in [2.45, 2.75) is 46.5 Å². The monoisotopic (exact) mass is 172 g/mol. The number of esters is 1. The Balaban J connectivity index is 2.74. The summed E-state index contributed by atoms with van der Waals surface area (Å²) in [5.41, 5.74) is -0.929. The van der Waals surface area contributed by atoms with Crippen LogP contribution in [0.15, 0.2) is 0 Å². The van der Waals surface area contributed by atoms with Crippen LogP contribution >= 0.6 is 0 Å². The molecule has 1 atom stereocenters. The standard InChI is InChI=1S/C9H16O3/c1-8(2,3)7-11-6(10)9(4,5)12-7/h7H,1-5H3. The lowest BCUT2D eigenvalue weighted by Gasteiger charge is -2.24. The van der Waals surface area contributed by atoms with Gasteiger partial charge in [0, 0.05) is 5.41 Å². The van der Waals surface area contributed by atoms with Crippen molar-refractivity contribution in [1.82, 2.24) is 0 Å². The highest BCUT2D eigenvalue weighted by molar-refractivity contribution is 5.80. The van der Waals surface area contributed by atoms with Gasteiger partial charge in [-0.1, -0.05) is 20.8 Å². The van der Waals surface area contributed by atoms with Gasteiger partial charge in [-0.15, -0.1) is 0 Å². The summed E-state index contributed by atoms with van der Waals surface area (Å²) >= 11 is 0. The van der Waals surface area contributed by atoms with Gasteiger partial charge in [0.05, 0.1) is 0 Å². The topological polar surface area (TPSA) is 35.5 Å². The molecule has 1 unspecified atom stereocenters. The van der Waals surface area contributed by atoms with E-state index >= 15 is 0 Å². The smallest absolute Gasteiger partial charge is 0.340 e. The van der Waals surface area contributed by atoms with E-state index in [1.807, 2.05) is 20.8 Å². The first-order valence-corrected chi connectivity index (χ1v) is 4.12. The molecule has 1 aliphatic rings. The Kier molecular flexibility index (Phi) is 1.95. The SMILES string of the molecule is CC1(C)OC(C(C)(C)C)OC1=O. The summed E-state index contributed by atoms with van der Waals surface area (Å²) < 4.78 is 10.5. The average molecular weight is 172 g/mol. The molecule has 0 aromatic carbocycles. The van der Waals surface area contributed by atoms with E-state index in [-0.39, 0.29) is 11.4 Å². The Bertz CT molecular complexity index is 200. The van der Waals surface area contributed by atoms with Crippen molar-refractivity contribution < 1.29 is 14.3 Å². The Morgan fingerprint density at radius 3 is 2.00 bits per heavy atom. The molecule has 1 rings (SSSR count). The molecule has 1 saturated heterocycles. The minimum Gasteiger partial charge on any atom is -0.433 e. The lowest BCUT2D eigenvalue weighted by atomic mass is 9.96. The van der Waals surface area contributed by atoms with Gasteiger partial charge in [0.1, 0.15) is 0 Å². The highest BCUT2D eigenvalue weighted by Gasteiger charge is 2.47. The molecule has 3 heteroatoms. The average Bonchev–Trinajstić information content (AvgIpc) is 2.06. The largest absolute Gasteiger partial charge is 0.433 e. The number of cyclic esters (lactones) is 1. The van der Waals surface area contributed by atoms with Crippen LogP contribution in [0.4, 0.5) is 0 Å². The van der Waals surface area contributed by atoms with E-state index in [0.29, 0.717) is 0 Å². The molecule has 0 aromatic heterocycles. The fraction of sp³-hybridized carbons (Fsp3) is 0.889. The van der Waals surface area contributed by atoms with Crippen LogP contribution in [0.3, 0.4) is 0 Å². The van der Waals surface area contributed by atoms with Crippen LogP contribution < -0.4 is 0 Å². The first-order valence-electron chi connectivity index (χ1n) is 4.12. The van der Waals surface area contributed by atoms with E-state index in [1.54, 1.807) is 13.8 Å². The van der Waals surface area contributed by atoms with Crippen LogP contribution in [0, 0.1) is 5.41 Å². The predicted octanol–water partition coefficient (Wildman–Crippen LogP) is 1.71. The van der Waals surface area contributed by atoms with Crippen molar-refractivity contribution in [3.05, 3.63) is 0 Å². The maximum atomic E-state index is 11.2. The Morgan fingerprint density at radius 1 is 1.33 bits per heavy atom. The van der Waals surface area contributed by atoms with E-state index in [2.05, 4.69) is 0 Å². The van der Waals surface area contributed by atoms with Gasteiger partial charge in [-0.05, 0) is 13.8 Å². The Labute approximate surface area is 73.0 Å². The van der Waals surface area contributed by atoms with Gasteiger partial charge in [0.15, 0.2) is 5.60 Å².